The van der Waals surface area contributed by atoms with E-state index in [1.165, 1.54) is 0 Å². The second-order valence-electron chi connectivity index (χ2n) is 5.65. The Labute approximate surface area is 146 Å². The molecule has 0 saturated carbocycles. The van der Waals surface area contributed by atoms with E-state index in [0.29, 0.717) is 0 Å². The van der Waals surface area contributed by atoms with Crippen molar-refractivity contribution in [2.45, 2.75) is 13.8 Å². The standard InChI is InChI=1S/C21H18N2O2/c1-3-25-21(24)16(13-22)12-17-14-23(19-10-6-4-8-15(19)2)20-11-7-5-9-18(17)20/h4-12,14H,3H2,1-2H3/b16-12+. The van der Waals surface area contributed by atoms with Crippen molar-refractivity contribution in [1.29, 1.82) is 5.26 Å². The molecule has 0 N–H and O–H groups in total. The largest absolute Gasteiger partial charge is 0.462 e. The van der Waals surface area contributed by atoms with Gasteiger partial charge in [0.05, 0.1) is 12.1 Å². The van der Waals surface area contributed by atoms with Crippen molar-refractivity contribution in [1.82, 2.24) is 4.57 Å². The summed E-state index contributed by atoms with van der Waals surface area (Å²) in [7, 11) is 0. The molecule has 25 heavy (non-hydrogen) atoms. The van der Waals surface area contributed by atoms with Crippen LogP contribution in [-0.4, -0.2) is 17.1 Å². The number of aryl methyl sites for hydroxylation is 1. The summed E-state index contributed by atoms with van der Waals surface area (Å²) in [5.74, 6) is -0.599. The van der Waals surface area contributed by atoms with Gasteiger partial charge in [-0.15, -0.1) is 0 Å². The average Bonchev–Trinajstić information content (AvgIpc) is 2.99. The van der Waals surface area contributed by atoms with Crippen molar-refractivity contribution in [3.8, 4) is 11.8 Å². The molecule has 0 unspecified atom stereocenters. The Balaban J connectivity index is 2.20. The van der Waals surface area contributed by atoms with Crippen molar-refractivity contribution < 1.29 is 9.53 Å². The fourth-order valence-corrected chi connectivity index (χ4v) is 2.86. The molecule has 0 aliphatic carbocycles. The molecular weight excluding hydrogens is 312 g/mol. The molecule has 2 aromatic carbocycles. The second-order valence-corrected chi connectivity index (χ2v) is 5.65. The topological polar surface area (TPSA) is 55.0 Å². The van der Waals surface area contributed by atoms with Crippen LogP contribution >= 0.6 is 0 Å². The molecule has 0 radical (unpaired) electrons. The summed E-state index contributed by atoms with van der Waals surface area (Å²) in [4.78, 5) is 11.9. The summed E-state index contributed by atoms with van der Waals surface area (Å²) < 4.78 is 7.03. The Kier molecular flexibility index (Phi) is 4.67. The molecule has 3 aromatic rings. The number of rotatable bonds is 4. The number of nitriles is 1. The van der Waals surface area contributed by atoms with Crippen LogP contribution in [0.15, 0.2) is 60.3 Å². The van der Waals surface area contributed by atoms with Gasteiger partial charge in [0.15, 0.2) is 0 Å². The van der Waals surface area contributed by atoms with Gasteiger partial charge in [0.25, 0.3) is 0 Å². The molecule has 124 valence electrons. The van der Waals surface area contributed by atoms with Gasteiger partial charge in [0.1, 0.15) is 11.6 Å². The van der Waals surface area contributed by atoms with Crippen molar-refractivity contribution in [3.63, 3.8) is 0 Å². The SMILES string of the molecule is CCOC(=O)/C(C#N)=C/c1cn(-c2ccccc2C)c2ccccc12. The normalized spacial score (nSPS) is 11.3. The van der Waals surface area contributed by atoms with E-state index >= 15 is 0 Å². The van der Waals surface area contributed by atoms with Crippen LogP contribution in [0.1, 0.15) is 18.1 Å². The fourth-order valence-electron chi connectivity index (χ4n) is 2.86. The lowest BCUT2D eigenvalue weighted by Crippen LogP contribution is -2.05. The molecule has 0 atom stereocenters. The zero-order valence-corrected chi connectivity index (χ0v) is 14.2. The number of hydrogen-bond acceptors (Lipinski definition) is 3. The highest BCUT2D eigenvalue weighted by atomic mass is 16.5. The first kappa shape index (κ1) is 16.5. The number of para-hydroxylation sites is 2. The van der Waals surface area contributed by atoms with E-state index < -0.39 is 5.97 Å². The number of esters is 1. The number of hydrogen-bond donors (Lipinski definition) is 0. The molecular formula is C21H18N2O2. The lowest BCUT2D eigenvalue weighted by molar-refractivity contribution is -0.137. The van der Waals surface area contributed by atoms with Crippen LogP contribution in [0, 0.1) is 18.3 Å². The Hall–Kier alpha value is -3.32. The summed E-state index contributed by atoms with van der Waals surface area (Å²) in [5.41, 5.74) is 4.03. The van der Waals surface area contributed by atoms with Gasteiger partial charge in [-0.3, -0.25) is 0 Å². The van der Waals surface area contributed by atoms with Crippen molar-refractivity contribution in [2.24, 2.45) is 0 Å². The van der Waals surface area contributed by atoms with E-state index in [-0.39, 0.29) is 12.2 Å². The van der Waals surface area contributed by atoms with Crippen LogP contribution in [0.4, 0.5) is 0 Å². The van der Waals surface area contributed by atoms with Gasteiger partial charge in [0, 0.05) is 22.8 Å². The smallest absolute Gasteiger partial charge is 0.348 e. The first-order chi connectivity index (χ1) is 12.2. The molecule has 3 rings (SSSR count). The number of carbonyl (C=O) groups is 1. The van der Waals surface area contributed by atoms with Gasteiger partial charge in [-0.05, 0) is 37.6 Å². The van der Waals surface area contributed by atoms with Crippen molar-refractivity contribution in [3.05, 3.63) is 71.4 Å². The van der Waals surface area contributed by atoms with Gasteiger partial charge in [-0.25, -0.2) is 4.79 Å². The third-order valence-corrected chi connectivity index (χ3v) is 4.03. The molecule has 1 heterocycles. The van der Waals surface area contributed by atoms with Gasteiger partial charge >= 0.3 is 5.97 Å². The lowest BCUT2D eigenvalue weighted by Gasteiger charge is -2.08. The molecule has 4 heteroatoms. The Morgan fingerprint density at radius 2 is 1.92 bits per heavy atom. The highest BCUT2D eigenvalue weighted by Crippen LogP contribution is 2.28. The van der Waals surface area contributed by atoms with E-state index in [1.807, 2.05) is 54.7 Å². The Morgan fingerprint density at radius 1 is 1.20 bits per heavy atom. The molecule has 4 nitrogen and oxygen atoms in total. The highest BCUT2D eigenvalue weighted by Gasteiger charge is 2.14. The lowest BCUT2D eigenvalue weighted by atomic mass is 10.1. The molecule has 0 saturated heterocycles. The van der Waals surface area contributed by atoms with Crippen LogP contribution in [0.5, 0.6) is 0 Å². The molecule has 0 aliphatic heterocycles. The molecule has 0 bridgehead atoms. The van der Waals surface area contributed by atoms with Crippen LogP contribution < -0.4 is 0 Å². The zero-order chi connectivity index (χ0) is 17.8. The minimum absolute atomic E-state index is 0.00506. The van der Waals surface area contributed by atoms with E-state index in [4.69, 9.17) is 4.74 Å². The van der Waals surface area contributed by atoms with Crippen LogP contribution in [0.2, 0.25) is 0 Å². The van der Waals surface area contributed by atoms with Gasteiger partial charge in [0.2, 0.25) is 0 Å². The van der Waals surface area contributed by atoms with E-state index in [1.54, 1.807) is 13.0 Å². The van der Waals surface area contributed by atoms with Crippen molar-refractivity contribution >= 4 is 22.9 Å². The summed E-state index contributed by atoms with van der Waals surface area (Å²) in [6.45, 7) is 4.01. The molecule has 1 aromatic heterocycles. The summed E-state index contributed by atoms with van der Waals surface area (Å²) in [6, 6.07) is 18.0. The van der Waals surface area contributed by atoms with E-state index in [9.17, 15) is 10.1 Å². The highest BCUT2D eigenvalue weighted by molar-refractivity contribution is 6.01. The number of nitrogens with zero attached hydrogens (tertiary/aromatic N) is 2. The maximum atomic E-state index is 11.9. The van der Waals surface area contributed by atoms with Crippen LogP contribution in [0.25, 0.3) is 22.7 Å². The first-order valence-electron chi connectivity index (χ1n) is 8.10. The third kappa shape index (κ3) is 3.17. The number of fused-ring (bicyclic) bond motifs is 1. The molecule has 0 spiro atoms. The number of aromatic nitrogens is 1. The van der Waals surface area contributed by atoms with Gasteiger partial charge in [-0.2, -0.15) is 5.26 Å². The van der Waals surface area contributed by atoms with Gasteiger partial charge < -0.3 is 9.30 Å². The summed E-state index contributed by atoms with van der Waals surface area (Å²) >= 11 is 0. The van der Waals surface area contributed by atoms with E-state index in [0.717, 1.165) is 27.7 Å². The minimum atomic E-state index is -0.599. The zero-order valence-electron chi connectivity index (χ0n) is 14.2. The van der Waals surface area contributed by atoms with Crippen LogP contribution in [0.3, 0.4) is 0 Å². The maximum absolute atomic E-state index is 11.9. The van der Waals surface area contributed by atoms with Crippen molar-refractivity contribution in [2.75, 3.05) is 6.61 Å². The Bertz CT molecular complexity index is 1010. The summed E-state index contributed by atoms with van der Waals surface area (Å²) in [6.07, 6.45) is 3.54. The summed E-state index contributed by atoms with van der Waals surface area (Å²) in [5, 5.41) is 10.3. The number of benzene rings is 2. The third-order valence-electron chi connectivity index (χ3n) is 4.03. The predicted molar refractivity (Wildman–Crippen MR) is 98.2 cm³/mol. The molecule has 0 amide bonds. The monoisotopic (exact) mass is 330 g/mol. The second kappa shape index (κ2) is 7.06. The predicted octanol–water partition coefficient (Wildman–Crippen LogP) is 4.41. The fraction of sp³-hybridized carbons (Fsp3) is 0.143. The molecule has 0 aliphatic rings. The number of ether oxygens (including phenoxy) is 1. The molecule has 0 fully saturated rings. The van der Waals surface area contributed by atoms with Crippen LogP contribution in [-0.2, 0) is 9.53 Å². The quantitative estimate of drug-likeness (QED) is 0.404. The van der Waals surface area contributed by atoms with E-state index in [2.05, 4.69) is 17.6 Å². The minimum Gasteiger partial charge on any atom is -0.462 e. The first-order valence-corrected chi connectivity index (χ1v) is 8.10. The van der Waals surface area contributed by atoms with Gasteiger partial charge in [-0.1, -0.05) is 36.4 Å². The number of carbonyl (C=O) groups excluding carboxylic acids is 1. The average molecular weight is 330 g/mol. The maximum Gasteiger partial charge on any atom is 0.348 e. The Morgan fingerprint density at radius 3 is 2.64 bits per heavy atom.